The molecule has 0 aliphatic carbocycles. The molecule has 106 valence electrons. The number of rotatable bonds is 5. The number of carbonyl (C=O) groups is 1. The first-order valence-electron chi connectivity index (χ1n) is 5.66. The van der Waals surface area contributed by atoms with Crippen molar-refractivity contribution in [2.24, 2.45) is 0 Å². The predicted octanol–water partition coefficient (Wildman–Crippen LogP) is 3.80. The second kappa shape index (κ2) is 7.14. The molecule has 0 saturated carbocycles. The molecule has 20 heavy (non-hydrogen) atoms. The monoisotopic (exact) mass is 375 g/mol. The molecule has 2 aromatic rings. The highest BCUT2D eigenvalue weighted by Crippen LogP contribution is 2.35. The van der Waals surface area contributed by atoms with Crippen molar-refractivity contribution in [3.05, 3.63) is 28.9 Å². The highest BCUT2D eigenvalue weighted by molar-refractivity contribution is 9.10. The second-order valence-corrected chi connectivity index (χ2v) is 6.56. The number of anilines is 1. The zero-order chi connectivity index (χ0) is 14.5. The van der Waals surface area contributed by atoms with Gasteiger partial charge >= 0.3 is 0 Å². The number of thiazole rings is 1. The Kier molecular flexibility index (Phi) is 5.50. The predicted molar refractivity (Wildman–Crippen MR) is 84.6 cm³/mol. The van der Waals surface area contributed by atoms with Crippen LogP contribution in [0, 0.1) is 5.82 Å². The number of carbonyl (C=O) groups excluding carboxylic acids is 1. The van der Waals surface area contributed by atoms with E-state index in [9.17, 15) is 9.18 Å². The van der Waals surface area contributed by atoms with Gasteiger partial charge in [0.15, 0.2) is 0 Å². The van der Waals surface area contributed by atoms with Gasteiger partial charge in [-0.2, -0.15) is 11.8 Å². The normalized spacial score (nSPS) is 10.6. The fourth-order valence-electron chi connectivity index (χ4n) is 1.41. The first-order chi connectivity index (χ1) is 9.60. The first-order valence-corrected chi connectivity index (χ1v) is 8.66. The maximum atomic E-state index is 13.1. The maximum Gasteiger partial charge on any atom is 0.225 e. The van der Waals surface area contributed by atoms with Crippen molar-refractivity contribution in [1.29, 1.82) is 0 Å². The lowest BCUT2D eigenvalue weighted by atomic mass is 10.3. The molecule has 0 bridgehead atoms. The number of nitrogens with zero attached hydrogens (tertiary/aromatic N) is 2. The van der Waals surface area contributed by atoms with E-state index in [0.29, 0.717) is 26.6 Å². The van der Waals surface area contributed by atoms with E-state index in [1.807, 2.05) is 6.26 Å². The van der Waals surface area contributed by atoms with Crippen molar-refractivity contribution in [1.82, 2.24) is 9.97 Å². The molecule has 1 N–H and O–H groups in total. The van der Waals surface area contributed by atoms with Gasteiger partial charge in [0, 0.05) is 23.9 Å². The zero-order valence-corrected chi connectivity index (χ0v) is 13.7. The summed E-state index contributed by atoms with van der Waals surface area (Å²) in [6.07, 6.45) is 5.07. The molecule has 0 unspecified atom stereocenters. The summed E-state index contributed by atoms with van der Waals surface area (Å²) in [5.74, 6) is 0.287. The SMILES string of the molecule is CSCCC(=O)Nc1sc(-c2cncc(F)c2)nc1Br. The van der Waals surface area contributed by atoms with E-state index in [1.165, 1.54) is 23.6 Å². The van der Waals surface area contributed by atoms with Crippen LogP contribution in [0.3, 0.4) is 0 Å². The summed E-state index contributed by atoms with van der Waals surface area (Å²) < 4.78 is 13.7. The largest absolute Gasteiger partial charge is 0.315 e. The summed E-state index contributed by atoms with van der Waals surface area (Å²) in [5.41, 5.74) is 0.584. The van der Waals surface area contributed by atoms with Crippen LogP contribution in [0.5, 0.6) is 0 Å². The van der Waals surface area contributed by atoms with E-state index in [2.05, 4.69) is 31.2 Å². The number of aromatic nitrogens is 2. The number of amides is 1. The molecule has 2 heterocycles. The zero-order valence-electron chi connectivity index (χ0n) is 10.5. The highest BCUT2D eigenvalue weighted by atomic mass is 79.9. The van der Waals surface area contributed by atoms with Gasteiger partial charge in [0.25, 0.3) is 0 Å². The minimum atomic E-state index is -0.417. The molecule has 8 heteroatoms. The maximum absolute atomic E-state index is 13.1. The van der Waals surface area contributed by atoms with Crippen LogP contribution >= 0.6 is 39.0 Å². The number of pyridine rings is 1. The third kappa shape index (κ3) is 4.00. The highest BCUT2D eigenvalue weighted by Gasteiger charge is 2.13. The number of hydrogen-bond acceptors (Lipinski definition) is 5. The Bertz CT molecular complexity index is 620. The molecular formula is C12H11BrFN3OS2. The Morgan fingerprint density at radius 3 is 3.05 bits per heavy atom. The average molecular weight is 376 g/mol. The third-order valence-corrected chi connectivity index (χ3v) is 4.79. The molecule has 0 spiro atoms. The minimum Gasteiger partial charge on any atom is -0.315 e. The van der Waals surface area contributed by atoms with Crippen molar-refractivity contribution < 1.29 is 9.18 Å². The lowest BCUT2D eigenvalue weighted by molar-refractivity contribution is -0.115. The van der Waals surface area contributed by atoms with Gasteiger partial charge in [-0.25, -0.2) is 9.37 Å². The fraction of sp³-hybridized carbons (Fsp3) is 0.250. The molecule has 2 aromatic heterocycles. The summed E-state index contributed by atoms with van der Waals surface area (Å²) in [4.78, 5) is 19.7. The van der Waals surface area contributed by atoms with Crippen molar-refractivity contribution in [2.45, 2.75) is 6.42 Å². The van der Waals surface area contributed by atoms with Crippen LogP contribution < -0.4 is 5.32 Å². The Hall–Kier alpha value is -0.990. The van der Waals surface area contributed by atoms with Gasteiger partial charge in [-0.15, -0.1) is 0 Å². The Morgan fingerprint density at radius 2 is 2.35 bits per heavy atom. The number of hydrogen-bond donors (Lipinski definition) is 1. The van der Waals surface area contributed by atoms with Gasteiger partial charge in [-0.1, -0.05) is 11.3 Å². The Balaban J connectivity index is 2.15. The molecule has 0 aromatic carbocycles. The molecule has 0 saturated heterocycles. The quantitative estimate of drug-likeness (QED) is 0.863. The summed E-state index contributed by atoms with van der Waals surface area (Å²) in [6.45, 7) is 0. The molecule has 2 rings (SSSR count). The van der Waals surface area contributed by atoms with Gasteiger partial charge in [-0.3, -0.25) is 9.78 Å². The van der Waals surface area contributed by atoms with Crippen LogP contribution in [0.2, 0.25) is 0 Å². The smallest absolute Gasteiger partial charge is 0.225 e. The Morgan fingerprint density at radius 1 is 1.55 bits per heavy atom. The minimum absolute atomic E-state index is 0.0624. The van der Waals surface area contributed by atoms with Crippen LogP contribution in [0.25, 0.3) is 10.6 Å². The molecule has 4 nitrogen and oxygen atoms in total. The third-order valence-electron chi connectivity index (χ3n) is 2.32. The first kappa shape index (κ1) is 15.4. The van der Waals surface area contributed by atoms with Crippen molar-refractivity contribution in [2.75, 3.05) is 17.3 Å². The van der Waals surface area contributed by atoms with Gasteiger partial charge in [0.05, 0.1) is 6.20 Å². The van der Waals surface area contributed by atoms with E-state index >= 15 is 0 Å². The summed E-state index contributed by atoms with van der Waals surface area (Å²) in [7, 11) is 0. The van der Waals surface area contributed by atoms with Crippen LogP contribution in [-0.4, -0.2) is 27.9 Å². The van der Waals surface area contributed by atoms with E-state index in [-0.39, 0.29) is 5.91 Å². The van der Waals surface area contributed by atoms with Crippen LogP contribution in [-0.2, 0) is 4.79 Å². The summed E-state index contributed by atoms with van der Waals surface area (Å²) in [6, 6.07) is 1.36. The van der Waals surface area contributed by atoms with Gasteiger partial charge in [0.1, 0.15) is 20.4 Å². The molecule has 0 atom stereocenters. The van der Waals surface area contributed by atoms with Crippen LogP contribution in [0.15, 0.2) is 23.1 Å². The number of halogens is 2. The molecule has 1 amide bonds. The number of nitrogens with one attached hydrogen (secondary N) is 1. The van der Waals surface area contributed by atoms with Gasteiger partial charge < -0.3 is 5.32 Å². The Labute approximate surface area is 132 Å². The summed E-state index contributed by atoms with van der Waals surface area (Å²) in [5, 5.41) is 4.01. The van der Waals surface area contributed by atoms with Gasteiger partial charge in [-0.05, 0) is 28.3 Å². The van der Waals surface area contributed by atoms with Crippen molar-refractivity contribution >= 4 is 49.9 Å². The molecule has 0 aliphatic rings. The topological polar surface area (TPSA) is 54.9 Å². The molecule has 0 radical (unpaired) electrons. The van der Waals surface area contributed by atoms with Crippen molar-refractivity contribution in [3.63, 3.8) is 0 Å². The van der Waals surface area contributed by atoms with Gasteiger partial charge in [0.2, 0.25) is 5.91 Å². The lowest BCUT2D eigenvalue weighted by Gasteiger charge is -2.00. The molecule has 0 aliphatic heterocycles. The molecule has 0 fully saturated rings. The fourth-order valence-corrected chi connectivity index (χ4v) is 3.30. The van der Waals surface area contributed by atoms with E-state index < -0.39 is 5.82 Å². The average Bonchev–Trinajstić information content (AvgIpc) is 2.78. The molecular weight excluding hydrogens is 365 g/mol. The number of thioether (sulfide) groups is 1. The standard InChI is InChI=1S/C12H11BrFN3OS2/c1-19-3-2-9(18)16-12-10(13)17-11(20-12)7-4-8(14)6-15-5-7/h4-6H,2-3H2,1H3,(H,16,18). The van der Waals surface area contributed by atoms with E-state index in [4.69, 9.17) is 0 Å². The van der Waals surface area contributed by atoms with Crippen molar-refractivity contribution in [3.8, 4) is 10.6 Å². The van der Waals surface area contributed by atoms with E-state index in [0.717, 1.165) is 11.9 Å². The van der Waals surface area contributed by atoms with Crippen LogP contribution in [0.4, 0.5) is 9.39 Å². The lowest BCUT2D eigenvalue weighted by Crippen LogP contribution is -2.11. The summed E-state index contributed by atoms with van der Waals surface area (Å²) >= 11 is 6.19. The van der Waals surface area contributed by atoms with E-state index in [1.54, 1.807) is 11.8 Å². The van der Waals surface area contributed by atoms with Crippen LogP contribution in [0.1, 0.15) is 6.42 Å². The second-order valence-electron chi connectivity index (χ2n) is 3.82.